The minimum atomic E-state index is -0.498. The highest BCUT2D eigenvalue weighted by molar-refractivity contribution is 5.98. The highest BCUT2D eigenvalue weighted by atomic mass is 16.5. The lowest BCUT2D eigenvalue weighted by atomic mass is 9.86. The number of carbonyl (C=O) groups excluding carboxylic acids is 1. The molecule has 98 valence electrons. The number of hydrogen-bond donors (Lipinski definition) is 1. The second kappa shape index (κ2) is 4.88. The second-order valence-electron chi connectivity index (χ2n) is 5.01. The fourth-order valence-electron chi connectivity index (χ4n) is 2.24. The number of para-hydroxylation sites is 1. The van der Waals surface area contributed by atoms with Gasteiger partial charge in [0.05, 0.1) is 12.1 Å². The Labute approximate surface area is 111 Å². The number of amides is 1. The largest absolute Gasteiger partial charge is 0.477 e. The van der Waals surface area contributed by atoms with Crippen LogP contribution in [-0.4, -0.2) is 17.5 Å². The quantitative estimate of drug-likeness (QED) is 0.914. The van der Waals surface area contributed by atoms with Crippen molar-refractivity contribution >= 4 is 16.8 Å². The summed E-state index contributed by atoms with van der Waals surface area (Å²) >= 11 is 0. The summed E-state index contributed by atoms with van der Waals surface area (Å²) in [5.41, 5.74) is 6.57. The van der Waals surface area contributed by atoms with Gasteiger partial charge in [-0.1, -0.05) is 24.6 Å². The monoisotopic (exact) mass is 256 g/mol. The maximum absolute atomic E-state index is 11.5. The van der Waals surface area contributed by atoms with Gasteiger partial charge in [-0.05, 0) is 30.9 Å². The van der Waals surface area contributed by atoms with Gasteiger partial charge in [0.1, 0.15) is 5.56 Å². The molecule has 1 saturated carbocycles. The fraction of sp³-hybridized carbons (Fsp3) is 0.333. The van der Waals surface area contributed by atoms with Crippen molar-refractivity contribution in [2.45, 2.75) is 19.3 Å². The highest BCUT2D eigenvalue weighted by Crippen LogP contribution is 2.28. The number of carbonyl (C=O) groups is 1. The van der Waals surface area contributed by atoms with Crippen LogP contribution >= 0.6 is 0 Å². The van der Waals surface area contributed by atoms with Crippen LogP contribution in [0.25, 0.3) is 10.9 Å². The average molecular weight is 256 g/mol. The molecule has 3 rings (SSSR count). The Morgan fingerprint density at radius 3 is 2.84 bits per heavy atom. The molecular weight excluding hydrogens is 240 g/mol. The lowest BCUT2D eigenvalue weighted by Crippen LogP contribution is -2.21. The van der Waals surface area contributed by atoms with Gasteiger partial charge in [-0.2, -0.15) is 0 Å². The van der Waals surface area contributed by atoms with Crippen molar-refractivity contribution in [1.29, 1.82) is 0 Å². The lowest BCUT2D eigenvalue weighted by Gasteiger charge is -2.25. The smallest absolute Gasteiger partial charge is 0.254 e. The summed E-state index contributed by atoms with van der Waals surface area (Å²) in [6.07, 6.45) is 3.65. The van der Waals surface area contributed by atoms with Crippen LogP contribution in [0.1, 0.15) is 29.6 Å². The molecule has 2 N–H and O–H groups in total. The summed E-state index contributed by atoms with van der Waals surface area (Å²) in [6, 6.07) is 9.38. The Balaban J connectivity index is 1.94. The van der Waals surface area contributed by atoms with Crippen molar-refractivity contribution in [3.05, 3.63) is 35.9 Å². The average Bonchev–Trinajstić information content (AvgIpc) is 2.36. The Kier molecular flexibility index (Phi) is 3.07. The van der Waals surface area contributed by atoms with Crippen LogP contribution in [0.5, 0.6) is 5.88 Å². The number of nitrogens with two attached hydrogens (primary N) is 1. The number of benzene rings is 1. The number of rotatable bonds is 4. The van der Waals surface area contributed by atoms with Crippen molar-refractivity contribution in [2.24, 2.45) is 11.7 Å². The molecule has 0 unspecified atom stereocenters. The van der Waals surface area contributed by atoms with Crippen molar-refractivity contribution in [3.63, 3.8) is 0 Å². The first-order valence-corrected chi connectivity index (χ1v) is 6.56. The molecule has 1 amide bonds. The van der Waals surface area contributed by atoms with Gasteiger partial charge >= 0.3 is 0 Å². The standard InChI is InChI=1S/C15H16N2O2/c16-14(18)12-8-11-6-1-2-7-13(11)17-15(12)19-9-10-4-3-5-10/h1-2,6-8,10H,3-5,9H2,(H2,16,18). The number of pyridine rings is 1. The van der Waals surface area contributed by atoms with Gasteiger partial charge in [0.15, 0.2) is 0 Å². The van der Waals surface area contributed by atoms with E-state index >= 15 is 0 Å². The Bertz CT molecular complexity index is 621. The number of aromatic nitrogens is 1. The second-order valence-corrected chi connectivity index (χ2v) is 5.01. The van der Waals surface area contributed by atoms with Gasteiger partial charge < -0.3 is 10.5 Å². The maximum atomic E-state index is 11.5. The first kappa shape index (κ1) is 12.0. The van der Waals surface area contributed by atoms with Crippen LogP contribution in [0, 0.1) is 5.92 Å². The maximum Gasteiger partial charge on any atom is 0.254 e. The molecule has 19 heavy (non-hydrogen) atoms. The summed E-state index contributed by atoms with van der Waals surface area (Å²) in [4.78, 5) is 15.9. The van der Waals surface area contributed by atoms with E-state index in [9.17, 15) is 4.79 Å². The number of fused-ring (bicyclic) bond motifs is 1. The first-order valence-electron chi connectivity index (χ1n) is 6.56. The minimum absolute atomic E-state index is 0.359. The van der Waals surface area contributed by atoms with E-state index in [1.54, 1.807) is 6.07 Å². The third-order valence-electron chi connectivity index (χ3n) is 3.63. The summed E-state index contributed by atoms with van der Waals surface area (Å²) in [6.45, 7) is 0.617. The third-order valence-corrected chi connectivity index (χ3v) is 3.63. The number of hydrogen-bond acceptors (Lipinski definition) is 3. The first-order chi connectivity index (χ1) is 9.24. The van der Waals surface area contributed by atoms with Crippen LogP contribution in [0.2, 0.25) is 0 Å². The molecule has 1 aromatic carbocycles. The Morgan fingerprint density at radius 1 is 1.37 bits per heavy atom. The lowest BCUT2D eigenvalue weighted by molar-refractivity contribution is 0.0992. The molecule has 4 nitrogen and oxygen atoms in total. The van der Waals surface area contributed by atoms with E-state index in [0.29, 0.717) is 24.0 Å². The van der Waals surface area contributed by atoms with Crippen LogP contribution in [-0.2, 0) is 0 Å². The van der Waals surface area contributed by atoms with Crippen LogP contribution in [0.4, 0.5) is 0 Å². The minimum Gasteiger partial charge on any atom is -0.477 e. The van der Waals surface area contributed by atoms with E-state index in [0.717, 1.165) is 10.9 Å². The third kappa shape index (κ3) is 2.38. The van der Waals surface area contributed by atoms with E-state index in [1.165, 1.54) is 19.3 Å². The molecule has 2 aromatic rings. The van der Waals surface area contributed by atoms with E-state index in [2.05, 4.69) is 4.98 Å². The summed E-state index contributed by atoms with van der Waals surface area (Å²) in [7, 11) is 0. The molecule has 0 spiro atoms. The predicted molar refractivity (Wildman–Crippen MR) is 73.1 cm³/mol. The van der Waals surface area contributed by atoms with Crippen molar-refractivity contribution in [3.8, 4) is 5.88 Å². The van der Waals surface area contributed by atoms with Crippen molar-refractivity contribution in [1.82, 2.24) is 4.98 Å². The molecule has 0 atom stereocenters. The molecule has 1 aliphatic carbocycles. The van der Waals surface area contributed by atoms with Gasteiger partial charge in [-0.15, -0.1) is 0 Å². The van der Waals surface area contributed by atoms with E-state index in [4.69, 9.17) is 10.5 Å². The Morgan fingerprint density at radius 2 is 2.16 bits per heavy atom. The number of primary amides is 1. The van der Waals surface area contributed by atoms with Gasteiger partial charge in [0.25, 0.3) is 5.91 Å². The van der Waals surface area contributed by atoms with E-state index in [-0.39, 0.29) is 0 Å². The summed E-state index contributed by atoms with van der Waals surface area (Å²) < 4.78 is 5.70. The molecule has 0 aliphatic heterocycles. The van der Waals surface area contributed by atoms with Crippen molar-refractivity contribution in [2.75, 3.05) is 6.61 Å². The molecule has 0 bridgehead atoms. The number of ether oxygens (including phenoxy) is 1. The molecule has 1 aliphatic rings. The zero-order chi connectivity index (χ0) is 13.2. The number of nitrogens with zero attached hydrogens (tertiary/aromatic N) is 1. The fourth-order valence-corrected chi connectivity index (χ4v) is 2.24. The summed E-state index contributed by atoms with van der Waals surface area (Å²) in [5, 5.41) is 0.896. The van der Waals surface area contributed by atoms with E-state index < -0.39 is 5.91 Å². The Hall–Kier alpha value is -2.10. The van der Waals surface area contributed by atoms with Gasteiger partial charge in [0.2, 0.25) is 5.88 Å². The molecule has 0 saturated heterocycles. The van der Waals surface area contributed by atoms with Crippen molar-refractivity contribution < 1.29 is 9.53 Å². The molecule has 1 aromatic heterocycles. The van der Waals surface area contributed by atoms with Crippen LogP contribution in [0.15, 0.2) is 30.3 Å². The molecule has 4 heteroatoms. The van der Waals surface area contributed by atoms with Crippen LogP contribution < -0.4 is 10.5 Å². The normalized spacial score (nSPS) is 15.2. The molecule has 0 radical (unpaired) electrons. The molecule has 1 heterocycles. The zero-order valence-electron chi connectivity index (χ0n) is 10.6. The van der Waals surface area contributed by atoms with E-state index in [1.807, 2.05) is 24.3 Å². The molecular formula is C15H16N2O2. The highest BCUT2D eigenvalue weighted by Gasteiger charge is 2.20. The summed E-state index contributed by atoms with van der Waals surface area (Å²) in [5.74, 6) is 0.453. The van der Waals surface area contributed by atoms with Crippen LogP contribution in [0.3, 0.4) is 0 Å². The SMILES string of the molecule is NC(=O)c1cc2ccccc2nc1OCC1CCC1. The zero-order valence-corrected chi connectivity index (χ0v) is 10.6. The topological polar surface area (TPSA) is 65.2 Å². The van der Waals surface area contributed by atoms with Gasteiger partial charge in [0, 0.05) is 5.39 Å². The predicted octanol–water partition coefficient (Wildman–Crippen LogP) is 2.51. The van der Waals surface area contributed by atoms with Gasteiger partial charge in [-0.3, -0.25) is 4.79 Å². The van der Waals surface area contributed by atoms with Gasteiger partial charge in [-0.25, -0.2) is 4.98 Å². The molecule has 1 fully saturated rings.